The van der Waals surface area contributed by atoms with E-state index in [2.05, 4.69) is 6.42 Å². The van der Waals surface area contributed by atoms with Crippen molar-refractivity contribution in [1.82, 2.24) is 0 Å². The van der Waals surface area contributed by atoms with Gasteiger partial charge in [0, 0.05) is 0 Å². The van der Waals surface area contributed by atoms with Crippen LogP contribution in [-0.2, 0) is 4.74 Å². The standard InChI is InChI=1S/C7H13O2/c1-6(8)9-7-4-2-3-5-7/h4,6-8H,2-3,5H2,1H3. The highest BCUT2D eigenvalue weighted by atomic mass is 16.6. The van der Waals surface area contributed by atoms with Gasteiger partial charge in [-0.05, 0) is 26.2 Å². The Balaban J connectivity index is 2.11. The molecule has 0 aliphatic heterocycles. The number of hydrogen-bond acceptors (Lipinski definition) is 2. The molecule has 0 heterocycles. The van der Waals surface area contributed by atoms with Gasteiger partial charge in [0.25, 0.3) is 0 Å². The summed E-state index contributed by atoms with van der Waals surface area (Å²) in [5, 5.41) is 8.77. The highest BCUT2D eigenvalue weighted by Crippen LogP contribution is 2.20. The summed E-state index contributed by atoms with van der Waals surface area (Å²) in [5.74, 6) is 0. The zero-order valence-corrected chi connectivity index (χ0v) is 5.71. The molecular weight excluding hydrogens is 116 g/mol. The zero-order valence-electron chi connectivity index (χ0n) is 5.71. The van der Waals surface area contributed by atoms with Crippen molar-refractivity contribution in [3.8, 4) is 0 Å². The molecule has 0 aromatic carbocycles. The van der Waals surface area contributed by atoms with Gasteiger partial charge in [-0.2, -0.15) is 0 Å². The fourth-order valence-electron chi connectivity index (χ4n) is 1.12. The Hall–Kier alpha value is -0.0800. The summed E-state index contributed by atoms with van der Waals surface area (Å²) >= 11 is 0. The minimum Gasteiger partial charge on any atom is -0.368 e. The van der Waals surface area contributed by atoms with Gasteiger partial charge in [-0.25, -0.2) is 0 Å². The van der Waals surface area contributed by atoms with Gasteiger partial charge in [0.1, 0.15) is 0 Å². The van der Waals surface area contributed by atoms with Crippen LogP contribution in [-0.4, -0.2) is 17.5 Å². The Bertz CT molecular complexity index is 75.0. The summed E-state index contributed by atoms with van der Waals surface area (Å²) in [5.41, 5.74) is 0. The summed E-state index contributed by atoms with van der Waals surface area (Å²) in [6.45, 7) is 1.64. The number of aliphatic hydroxyl groups is 1. The molecule has 1 saturated carbocycles. The Kier molecular flexibility index (Phi) is 2.49. The van der Waals surface area contributed by atoms with Gasteiger partial charge in [0.15, 0.2) is 6.29 Å². The van der Waals surface area contributed by atoms with Crippen LogP contribution in [0.4, 0.5) is 0 Å². The Morgan fingerprint density at radius 2 is 2.56 bits per heavy atom. The van der Waals surface area contributed by atoms with Crippen LogP contribution >= 0.6 is 0 Å². The van der Waals surface area contributed by atoms with Crippen molar-refractivity contribution in [2.75, 3.05) is 0 Å². The van der Waals surface area contributed by atoms with Crippen molar-refractivity contribution in [3.63, 3.8) is 0 Å². The van der Waals surface area contributed by atoms with E-state index in [1.807, 2.05) is 0 Å². The predicted octanol–water partition coefficient (Wildman–Crippen LogP) is 1.10. The molecule has 2 heteroatoms. The van der Waals surface area contributed by atoms with E-state index in [1.54, 1.807) is 6.92 Å². The van der Waals surface area contributed by atoms with E-state index in [0.29, 0.717) is 0 Å². The molecule has 1 radical (unpaired) electrons. The third-order valence-corrected chi connectivity index (χ3v) is 1.49. The fourth-order valence-corrected chi connectivity index (χ4v) is 1.12. The minimum absolute atomic E-state index is 0.213. The summed E-state index contributed by atoms with van der Waals surface area (Å²) < 4.78 is 5.11. The number of rotatable bonds is 2. The summed E-state index contributed by atoms with van der Waals surface area (Å²) in [6, 6.07) is 0. The van der Waals surface area contributed by atoms with E-state index in [9.17, 15) is 0 Å². The lowest BCUT2D eigenvalue weighted by molar-refractivity contribution is -0.111. The molecule has 1 fully saturated rings. The van der Waals surface area contributed by atoms with Gasteiger partial charge in [-0.15, -0.1) is 0 Å². The smallest absolute Gasteiger partial charge is 0.152 e. The molecule has 1 rings (SSSR count). The van der Waals surface area contributed by atoms with E-state index in [0.717, 1.165) is 12.8 Å². The number of aliphatic hydroxyl groups excluding tert-OH is 1. The molecule has 1 aliphatic rings. The second-order valence-corrected chi connectivity index (χ2v) is 2.44. The maximum atomic E-state index is 8.77. The molecule has 0 amide bonds. The Morgan fingerprint density at radius 3 is 3.00 bits per heavy atom. The van der Waals surface area contributed by atoms with Gasteiger partial charge in [0.05, 0.1) is 6.10 Å². The van der Waals surface area contributed by atoms with Crippen LogP contribution in [0.1, 0.15) is 26.2 Å². The molecule has 2 unspecified atom stereocenters. The topological polar surface area (TPSA) is 29.5 Å². The molecule has 53 valence electrons. The first-order valence-corrected chi connectivity index (χ1v) is 3.46. The summed E-state index contributed by atoms with van der Waals surface area (Å²) in [4.78, 5) is 0. The van der Waals surface area contributed by atoms with Crippen molar-refractivity contribution in [3.05, 3.63) is 6.42 Å². The number of hydrogen-bond donors (Lipinski definition) is 1. The molecule has 0 bridgehead atoms. The molecule has 9 heavy (non-hydrogen) atoms. The van der Waals surface area contributed by atoms with Crippen molar-refractivity contribution in [1.29, 1.82) is 0 Å². The maximum Gasteiger partial charge on any atom is 0.152 e. The van der Waals surface area contributed by atoms with Gasteiger partial charge in [-0.1, -0.05) is 6.42 Å². The first kappa shape index (κ1) is 7.03. The molecule has 0 saturated heterocycles. The van der Waals surface area contributed by atoms with E-state index in [-0.39, 0.29) is 6.10 Å². The first-order chi connectivity index (χ1) is 4.29. The van der Waals surface area contributed by atoms with E-state index in [1.165, 1.54) is 6.42 Å². The van der Waals surface area contributed by atoms with Crippen LogP contribution in [0.5, 0.6) is 0 Å². The van der Waals surface area contributed by atoms with Crippen molar-refractivity contribution < 1.29 is 9.84 Å². The van der Waals surface area contributed by atoms with Gasteiger partial charge >= 0.3 is 0 Å². The van der Waals surface area contributed by atoms with E-state index < -0.39 is 6.29 Å². The molecule has 0 spiro atoms. The monoisotopic (exact) mass is 129 g/mol. The second kappa shape index (κ2) is 3.18. The molecule has 0 aromatic rings. The van der Waals surface area contributed by atoms with Crippen LogP contribution in [0.15, 0.2) is 0 Å². The SMILES string of the molecule is CC(O)OC1[CH]CCC1. The van der Waals surface area contributed by atoms with Crippen LogP contribution < -0.4 is 0 Å². The summed E-state index contributed by atoms with van der Waals surface area (Å²) in [6.07, 6.45) is 5.14. The third kappa shape index (κ3) is 2.33. The van der Waals surface area contributed by atoms with Crippen LogP contribution in [0.25, 0.3) is 0 Å². The van der Waals surface area contributed by atoms with Crippen LogP contribution in [0, 0.1) is 6.42 Å². The van der Waals surface area contributed by atoms with E-state index in [4.69, 9.17) is 9.84 Å². The Labute approximate surface area is 55.8 Å². The van der Waals surface area contributed by atoms with E-state index >= 15 is 0 Å². The molecule has 1 aliphatic carbocycles. The highest BCUT2D eigenvalue weighted by Gasteiger charge is 2.16. The molecular formula is C7H13O2. The lowest BCUT2D eigenvalue weighted by Crippen LogP contribution is -2.16. The maximum absolute atomic E-state index is 8.77. The minimum atomic E-state index is -0.607. The molecule has 1 N–H and O–H groups in total. The van der Waals surface area contributed by atoms with Crippen LogP contribution in [0.3, 0.4) is 0 Å². The summed E-state index contributed by atoms with van der Waals surface area (Å²) in [7, 11) is 0. The van der Waals surface area contributed by atoms with Crippen molar-refractivity contribution in [2.45, 2.75) is 38.6 Å². The lowest BCUT2D eigenvalue weighted by Gasteiger charge is -2.12. The van der Waals surface area contributed by atoms with Crippen molar-refractivity contribution in [2.24, 2.45) is 0 Å². The normalized spacial score (nSPS) is 24.7. The molecule has 2 atom stereocenters. The largest absolute Gasteiger partial charge is 0.368 e. The predicted molar refractivity (Wildman–Crippen MR) is 34.7 cm³/mol. The molecule has 0 aromatic heterocycles. The van der Waals surface area contributed by atoms with Crippen LogP contribution in [0.2, 0.25) is 0 Å². The second-order valence-electron chi connectivity index (χ2n) is 2.44. The number of ether oxygens (including phenoxy) is 1. The van der Waals surface area contributed by atoms with Crippen molar-refractivity contribution >= 4 is 0 Å². The van der Waals surface area contributed by atoms with Gasteiger partial charge in [-0.3, -0.25) is 0 Å². The average Bonchev–Trinajstić information content (AvgIpc) is 2.15. The fraction of sp³-hybridized carbons (Fsp3) is 0.857. The first-order valence-electron chi connectivity index (χ1n) is 3.46. The van der Waals surface area contributed by atoms with Gasteiger partial charge < -0.3 is 9.84 Å². The quantitative estimate of drug-likeness (QED) is 0.566. The van der Waals surface area contributed by atoms with Gasteiger partial charge in [0.2, 0.25) is 0 Å². The highest BCUT2D eigenvalue weighted by molar-refractivity contribution is 4.84. The zero-order chi connectivity index (χ0) is 6.69. The third-order valence-electron chi connectivity index (χ3n) is 1.49. The lowest BCUT2D eigenvalue weighted by atomic mass is 10.3. The average molecular weight is 129 g/mol. The molecule has 2 nitrogen and oxygen atoms in total. The Morgan fingerprint density at radius 1 is 1.78 bits per heavy atom.